The van der Waals surface area contributed by atoms with Gasteiger partial charge in [-0.15, -0.1) is 10.2 Å². The molecule has 126 valence electrons. The second kappa shape index (κ2) is 8.61. The van der Waals surface area contributed by atoms with E-state index in [0.717, 1.165) is 15.6 Å². The zero-order valence-electron chi connectivity index (χ0n) is 13.1. The second-order valence-corrected chi connectivity index (χ2v) is 5.51. The van der Waals surface area contributed by atoms with Crippen LogP contribution in [0.3, 0.4) is 0 Å². The summed E-state index contributed by atoms with van der Waals surface area (Å²) in [6.07, 6.45) is -5.31. The van der Waals surface area contributed by atoms with Crippen LogP contribution < -0.4 is 5.32 Å². The number of rotatable bonds is 4. The molecular formula is C15H18F3N3OS. The smallest absolute Gasteiger partial charge is 0.352 e. The van der Waals surface area contributed by atoms with E-state index in [1.807, 2.05) is 20.8 Å². The fourth-order valence-corrected chi connectivity index (χ4v) is 2.29. The van der Waals surface area contributed by atoms with Gasteiger partial charge in [0.25, 0.3) is 5.91 Å². The van der Waals surface area contributed by atoms with Crippen LogP contribution in [-0.2, 0) is 0 Å². The first-order valence-corrected chi connectivity index (χ1v) is 7.92. The lowest BCUT2D eigenvalue weighted by Gasteiger charge is -2.08. The van der Waals surface area contributed by atoms with Gasteiger partial charge in [0.05, 0.1) is 6.42 Å². The highest BCUT2D eigenvalue weighted by atomic mass is 32.1. The van der Waals surface area contributed by atoms with Crippen LogP contribution in [-0.4, -0.2) is 28.8 Å². The van der Waals surface area contributed by atoms with Crippen LogP contribution in [0.4, 0.5) is 13.2 Å². The van der Waals surface area contributed by atoms with Crippen LogP contribution in [0.15, 0.2) is 24.3 Å². The van der Waals surface area contributed by atoms with Gasteiger partial charge in [0, 0.05) is 17.7 Å². The van der Waals surface area contributed by atoms with Gasteiger partial charge in [-0.3, -0.25) is 4.79 Å². The van der Waals surface area contributed by atoms with Gasteiger partial charge in [0.15, 0.2) is 0 Å². The van der Waals surface area contributed by atoms with Crippen molar-refractivity contribution in [1.29, 1.82) is 0 Å². The van der Waals surface area contributed by atoms with Crippen LogP contribution in [0.5, 0.6) is 0 Å². The number of aromatic nitrogens is 2. The summed E-state index contributed by atoms with van der Waals surface area (Å²) < 4.78 is 36.0. The molecule has 0 saturated carbocycles. The van der Waals surface area contributed by atoms with Crippen molar-refractivity contribution in [2.24, 2.45) is 0 Å². The van der Waals surface area contributed by atoms with Crippen molar-refractivity contribution in [2.45, 2.75) is 33.4 Å². The molecule has 8 heteroatoms. The van der Waals surface area contributed by atoms with Gasteiger partial charge in [-0.2, -0.15) is 13.2 Å². The minimum absolute atomic E-state index is 0.308. The summed E-state index contributed by atoms with van der Waals surface area (Å²) in [6, 6.07) is 6.49. The molecule has 23 heavy (non-hydrogen) atoms. The summed E-state index contributed by atoms with van der Waals surface area (Å²) >= 11 is 1.42. The number of nitrogens with one attached hydrogen (secondary N) is 1. The number of carbonyl (C=O) groups excluding carboxylic acids is 1. The zero-order valence-corrected chi connectivity index (χ0v) is 13.9. The predicted molar refractivity (Wildman–Crippen MR) is 84.4 cm³/mol. The average Bonchev–Trinajstić information content (AvgIpc) is 2.95. The van der Waals surface area contributed by atoms with Crippen molar-refractivity contribution in [3.8, 4) is 10.6 Å². The lowest BCUT2D eigenvalue weighted by Crippen LogP contribution is -2.27. The Labute approximate surface area is 136 Å². The Bertz CT molecular complexity index is 624. The minimum Gasteiger partial charge on any atom is -0.352 e. The molecular weight excluding hydrogens is 327 g/mol. The molecule has 1 aromatic heterocycles. The number of aryl methyl sites for hydroxylation is 1. The highest BCUT2D eigenvalue weighted by Crippen LogP contribution is 2.23. The Balaban J connectivity index is 0.00000127. The first-order chi connectivity index (χ1) is 10.8. The van der Waals surface area contributed by atoms with Gasteiger partial charge in [-0.1, -0.05) is 37.3 Å². The summed E-state index contributed by atoms with van der Waals surface area (Å²) in [5.74, 6) is -0.528. The van der Waals surface area contributed by atoms with Crippen LogP contribution in [0.25, 0.3) is 10.6 Å². The van der Waals surface area contributed by atoms with Crippen molar-refractivity contribution in [2.75, 3.05) is 6.54 Å². The number of halogens is 3. The van der Waals surface area contributed by atoms with Crippen molar-refractivity contribution < 1.29 is 18.0 Å². The summed E-state index contributed by atoms with van der Waals surface area (Å²) in [7, 11) is 0. The maximum absolute atomic E-state index is 12.0. The molecule has 0 spiro atoms. The summed E-state index contributed by atoms with van der Waals surface area (Å²) in [5.41, 5.74) is 1.12. The van der Waals surface area contributed by atoms with Crippen molar-refractivity contribution >= 4 is 17.2 Å². The second-order valence-electron chi connectivity index (χ2n) is 4.32. The highest BCUT2D eigenvalue weighted by Gasteiger charge is 2.26. The van der Waals surface area contributed by atoms with E-state index in [9.17, 15) is 18.0 Å². The van der Waals surface area contributed by atoms with Gasteiger partial charge < -0.3 is 5.32 Å². The molecule has 0 radical (unpaired) electrons. The number of carbonyl (C=O) groups is 1. The van der Waals surface area contributed by atoms with Gasteiger partial charge in [0.1, 0.15) is 10.0 Å². The first kappa shape index (κ1) is 19.1. The summed E-state index contributed by atoms with van der Waals surface area (Å²) in [6.45, 7) is 5.41. The van der Waals surface area contributed by atoms with E-state index in [4.69, 9.17) is 0 Å². The molecule has 0 aliphatic rings. The third kappa shape index (κ3) is 6.35. The molecule has 0 saturated heterocycles. The van der Waals surface area contributed by atoms with E-state index in [2.05, 4.69) is 15.5 Å². The SMILES string of the molecule is CC.Cc1nnc(-c2ccc(C(=O)NCCC(F)(F)F)cc2)s1. The largest absolute Gasteiger partial charge is 0.390 e. The van der Waals surface area contributed by atoms with Gasteiger partial charge in [-0.25, -0.2) is 0 Å². The fourth-order valence-electron chi connectivity index (χ4n) is 1.60. The number of hydrogen-bond donors (Lipinski definition) is 1. The van der Waals surface area contributed by atoms with E-state index in [0.29, 0.717) is 5.56 Å². The lowest BCUT2D eigenvalue weighted by molar-refractivity contribution is -0.132. The van der Waals surface area contributed by atoms with Crippen molar-refractivity contribution in [3.63, 3.8) is 0 Å². The third-order valence-electron chi connectivity index (χ3n) is 2.61. The molecule has 2 rings (SSSR count). The Morgan fingerprint density at radius 1 is 1.17 bits per heavy atom. The Kier molecular flexibility index (Phi) is 7.15. The van der Waals surface area contributed by atoms with E-state index < -0.39 is 25.0 Å². The molecule has 0 aliphatic heterocycles. The molecule has 0 aliphatic carbocycles. The number of amides is 1. The molecule has 1 N–H and O–H groups in total. The minimum atomic E-state index is -4.27. The fraction of sp³-hybridized carbons (Fsp3) is 0.400. The van der Waals surface area contributed by atoms with E-state index in [1.54, 1.807) is 24.3 Å². The Morgan fingerprint density at radius 3 is 2.26 bits per heavy atom. The molecule has 0 fully saturated rings. The van der Waals surface area contributed by atoms with Crippen LogP contribution in [0, 0.1) is 6.92 Å². The van der Waals surface area contributed by atoms with Crippen molar-refractivity contribution in [3.05, 3.63) is 34.8 Å². The summed E-state index contributed by atoms with van der Waals surface area (Å²) in [5, 5.41) is 11.7. The lowest BCUT2D eigenvalue weighted by atomic mass is 10.1. The Hall–Kier alpha value is -1.96. The molecule has 1 aromatic carbocycles. The molecule has 1 heterocycles. The maximum atomic E-state index is 12.0. The van der Waals surface area contributed by atoms with Crippen LogP contribution in [0.2, 0.25) is 0 Å². The van der Waals surface area contributed by atoms with E-state index in [1.165, 1.54) is 11.3 Å². The van der Waals surface area contributed by atoms with Crippen molar-refractivity contribution in [1.82, 2.24) is 15.5 Å². The Morgan fingerprint density at radius 2 is 1.78 bits per heavy atom. The van der Waals surface area contributed by atoms with Gasteiger partial charge >= 0.3 is 6.18 Å². The maximum Gasteiger partial charge on any atom is 0.390 e. The van der Waals surface area contributed by atoms with Gasteiger partial charge in [-0.05, 0) is 19.1 Å². The summed E-state index contributed by atoms with van der Waals surface area (Å²) in [4.78, 5) is 11.7. The molecule has 4 nitrogen and oxygen atoms in total. The number of benzene rings is 1. The molecule has 2 aromatic rings. The highest BCUT2D eigenvalue weighted by molar-refractivity contribution is 7.14. The van der Waals surface area contributed by atoms with E-state index in [-0.39, 0.29) is 0 Å². The molecule has 0 unspecified atom stereocenters. The molecule has 1 amide bonds. The topological polar surface area (TPSA) is 54.9 Å². The molecule has 0 bridgehead atoms. The van der Waals surface area contributed by atoms with Crippen LogP contribution >= 0.6 is 11.3 Å². The number of alkyl halides is 3. The van der Waals surface area contributed by atoms with E-state index >= 15 is 0 Å². The van der Waals surface area contributed by atoms with Crippen LogP contribution in [0.1, 0.15) is 35.6 Å². The quantitative estimate of drug-likeness (QED) is 0.902. The zero-order chi connectivity index (χ0) is 17.5. The standard InChI is InChI=1S/C13H12F3N3OS.C2H6/c1-8-18-19-12(21-8)10-4-2-9(3-5-10)11(20)17-7-6-13(14,15)16;1-2/h2-5H,6-7H2,1H3,(H,17,20);1-2H3. The number of nitrogens with zero attached hydrogens (tertiary/aromatic N) is 2. The normalized spacial score (nSPS) is 10.7. The third-order valence-corrected chi connectivity index (χ3v) is 3.50. The molecule has 0 atom stereocenters. The number of hydrogen-bond acceptors (Lipinski definition) is 4. The average molecular weight is 345 g/mol. The van der Waals surface area contributed by atoms with Gasteiger partial charge in [0.2, 0.25) is 0 Å². The first-order valence-electron chi connectivity index (χ1n) is 7.11. The monoisotopic (exact) mass is 345 g/mol. The predicted octanol–water partition coefficient (Wildman–Crippen LogP) is 4.22.